The van der Waals surface area contributed by atoms with Gasteiger partial charge in [-0.25, -0.2) is 0 Å². The molecule has 0 aliphatic carbocycles. The van der Waals surface area contributed by atoms with E-state index in [4.69, 9.17) is 15.6 Å². The van der Waals surface area contributed by atoms with Crippen LogP contribution < -0.4 is 10.5 Å². The number of nitrogens with zero attached hydrogens (tertiary/aromatic N) is 1. The average molecular weight is 247 g/mol. The Morgan fingerprint density at radius 3 is 3.00 bits per heavy atom. The van der Waals surface area contributed by atoms with Crippen LogP contribution >= 0.6 is 15.9 Å². The van der Waals surface area contributed by atoms with Gasteiger partial charge in [0, 0.05) is 12.3 Å². The van der Waals surface area contributed by atoms with Gasteiger partial charge in [0.1, 0.15) is 5.75 Å². The zero-order valence-electron chi connectivity index (χ0n) is 7.20. The summed E-state index contributed by atoms with van der Waals surface area (Å²) in [6, 6.07) is 1.24. The van der Waals surface area contributed by atoms with Crippen LogP contribution in [-0.4, -0.2) is 23.8 Å². The summed E-state index contributed by atoms with van der Waals surface area (Å²) in [4.78, 5) is 4.05. The van der Waals surface area contributed by atoms with E-state index in [0.29, 0.717) is 11.4 Å². The monoisotopic (exact) mass is 246 g/mol. The van der Waals surface area contributed by atoms with Gasteiger partial charge >= 0.3 is 0 Å². The van der Waals surface area contributed by atoms with Crippen molar-refractivity contribution in [3.05, 3.63) is 22.4 Å². The molecule has 5 heteroatoms. The Kier molecular flexibility index (Phi) is 3.65. The number of hydrogen-bond donors (Lipinski definition) is 2. The topological polar surface area (TPSA) is 68.4 Å². The molecule has 13 heavy (non-hydrogen) atoms. The van der Waals surface area contributed by atoms with Crippen LogP contribution in [0.4, 0.5) is 0 Å². The maximum absolute atomic E-state index is 8.80. The van der Waals surface area contributed by atoms with Crippen molar-refractivity contribution in [2.24, 2.45) is 5.73 Å². The van der Waals surface area contributed by atoms with Crippen molar-refractivity contribution in [1.29, 1.82) is 0 Å². The minimum Gasteiger partial charge on any atom is -0.495 e. The minimum absolute atomic E-state index is 0.127. The molecule has 1 unspecified atom stereocenters. The molecule has 0 amide bonds. The lowest BCUT2D eigenvalue weighted by molar-refractivity contribution is 0.265. The van der Waals surface area contributed by atoms with Crippen LogP contribution in [0.3, 0.4) is 0 Å². The molecule has 3 N–H and O–H groups in total. The summed E-state index contributed by atoms with van der Waals surface area (Å²) in [6.45, 7) is -0.127. The maximum Gasteiger partial charge on any atom is 0.136 e. The highest BCUT2D eigenvalue weighted by atomic mass is 79.9. The molecule has 1 aromatic heterocycles. The third-order valence-electron chi connectivity index (χ3n) is 1.64. The van der Waals surface area contributed by atoms with Gasteiger partial charge in [0.05, 0.1) is 29.9 Å². The fraction of sp³-hybridized carbons (Fsp3) is 0.375. The molecular formula is C8H11BrN2O2. The van der Waals surface area contributed by atoms with Crippen LogP contribution in [0, 0.1) is 0 Å². The van der Waals surface area contributed by atoms with Gasteiger partial charge in [0.15, 0.2) is 0 Å². The Bertz CT molecular complexity index is 293. The lowest BCUT2D eigenvalue weighted by Gasteiger charge is -2.09. The van der Waals surface area contributed by atoms with E-state index in [9.17, 15) is 0 Å². The maximum atomic E-state index is 8.80. The largest absolute Gasteiger partial charge is 0.495 e. The lowest BCUT2D eigenvalue weighted by Crippen LogP contribution is -2.16. The highest BCUT2D eigenvalue weighted by molar-refractivity contribution is 9.10. The van der Waals surface area contributed by atoms with Gasteiger partial charge in [-0.1, -0.05) is 0 Å². The second-order valence-corrected chi connectivity index (χ2v) is 3.39. The number of halogens is 1. The number of aliphatic hydroxyl groups excluding tert-OH is 1. The fourth-order valence-electron chi connectivity index (χ4n) is 0.888. The molecule has 1 rings (SSSR count). The number of ether oxygens (including phenoxy) is 1. The van der Waals surface area contributed by atoms with E-state index in [0.717, 1.165) is 4.47 Å². The molecule has 0 aliphatic rings. The summed E-state index contributed by atoms with van der Waals surface area (Å²) in [5.74, 6) is 0.661. The number of rotatable bonds is 3. The Hall–Kier alpha value is -0.650. The van der Waals surface area contributed by atoms with Gasteiger partial charge in [-0.15, -0.1) is 0 Å². The number of nitrogens with two attached hydrogens (primary N) is 1. The molecule has 0 fully saturated rings. The van der Waals surface area contributed by atoms with Crippen LogP contribution in [0.25, 0.3) is 0 Å². The van der Waals surface area contributed by atoms with Crippen molar-refractivity contribution in [1.82, 2.24) is 4.98 Å². The normalized spacial score (nSPS) is 12.6. The van der Waals surface area contributed by atoms with Gasteiger partial charge in [-0.2, -0.15) is 0 Å². The SMILES string of the molecule is COc1cc(C(N)CO)ncc1Br. The summed E-state index contributed by atoms with van der Waals surface area (Å²) < 4.78 is 5.82. The van der Waals surface area contributed by atoms with E-state index >= 15 is 0 Å². The molecule has 4 nitrogen and oxygen atoms in total. The molecule has 0 saturated carbocycles. The van der Waals surface area contributed by atoms with Crippen molar-refractivity contribution in [2.75, 3.05) is 13.7 Å². The Morgan fingerprint density at radius 1 is 1.77 bits per heavy atom. The predicted molar refractivity (Wildman–Crippen MR) is 52.5 cm³/mol. The van der Waals surface area contributed by atoms with E-state index in [1.54, 1.807) is 19.4 Å². The van der Waals surface area contributed by atoms with Gasteiger partial charge in [-0.05, 0) is 15.9 Å². The lowest BCUT2D eigenvalue weighted by atomic mass is 10.2. The minimum atomic E-state index is -0.456. The van der Waals surface area contributed by atoms with Crippen molar-refractivity contribution in [3.8, 4) is 5.75 Å². The zero-order chi connectivity index (χ0) is 9.84. The van der Waals surface area contributed by atoms with Crippen molar-refractivity contribution in [3.63, 3.8) is 0 Å². The molecule has 1 aromatic rings. The highest BCUT2D eigenvalue weighted by Crippen LogP contribution is 2.25. The first kappa shape index (κ1) is 10.4. The zero-order valence-corrected chi connectivity index (χ0v) is 8.78. The molecular weight excluding hydrogens is 236 g/mol. The number of pyridine rings is 1. The van der Waals surface area contributed by atoms with Gasteiger partial charge in [0.25, 0.3) is 0 Å². The number of methoxy groups -OCH3 is 1. The first-order chi connectivity index (χ1) is 6.19. The van der Waals surface area contributed by atoms with E-state index < -0.39 is 6.04 Å². The Morgan fingerprint density at radius 2 is 2.46 bits per heavy atom. The molecule has 0 aromatic carbocycles. The first-order valence-electron chi connectivity index (χ1n) is 3.75. The van der Waals surface area contributed by atoms with E-state index in [1.807, 2.05) is 0 Å². The first-order valence-corrected chi connectivity index (χ1v) is 4.54. The third-order valence-corrected chi connectivity index (χ3v) is 2.23. The summed E-state index contributed by atoms with van der Waals surface area (Å²) in [7, 11) is 1.56. The standard InChI is InChI=1S/C8H11BrN2O2/c1-13-8-2-7(6(10)4-12)11-3-5(8)9/h2-3,6,12H,4,10H2,1H3. The summed E-state index contributed by atoms with van der Waals surface area (Å²) in [5.41, 5.74) is 6.20. The van der Waals surface area contributed by atoms with Gasteiger partial charge in [-0.3, -0.25) is 4.98 Å². The van der Waals surface area contributed by atoms with Crippen LogP contribution in [-0.2, 0) is 0 Å². The van der Waals surface area contributed by atoms with Crippen molar-refractivity contribution in [2.45, 2.75) is 6.04 Å². The van der Waals surface area contributed by atoms with Gasteiger partial charge < -0.3 is 15.6 Å². The summed E-state index contributed by atoms with van der Waals surface area (Å²) in [6.07, 6.45) is 1.60. The molecule has 0 radical (unpaired) electrons. The number of aliphatic hydroxyl groups is 1. The van der Waals surface area contributed by atoms with Crippen molar-refractivity contribution < 1.29 is 9.84 Å². The average Bonchev–Trinajstić information content (AvgIpc) is 2.17. The van der Waals surface area contributed by atoms with E-state index in [-0.39, 0.29) is 6.61 Å². The number of hydrogen-bond acceptors (Lipinski definition) is 4. The second kappa shape index (κ2) is 4.55. The van der Waals surface area contributed by atoms with Crippen molar-refractivity contribution >= 4 is 15.9 Å². The molecule has 0 saturated heterocycles. The van der Waals surface area contributed by atoms with E-state index in [1.165, 1.54) is 0 Å². The third kappa shape index (κ3) is 2.40. The molecule has 0 bridgehead atoms. The highest BCUT2D eigenvalue weighted by Gasteiger charge is 2.08. The number of aromatic nitrogens is 1. The Labute approximate surface area is 84.9 Å². The van der Waals surface area contributed by atoms with Crippen LogP contribution in [0.5, 0.6) is 5.75 Å². The quantitative estimate of drug-likeness (QED) is 0.830. The summed E-state index contributed by atoms with van der Waals surface area (Å²) in [5, 5.41) is 8.80. The molecule has 72 valence electrons. The van der Waals surface area contributed by atoms with Gasteiger partial charge in [0.2, 0.25) is 0 Å². The molecule has 0 spiro atoms. The molecule has 1 atom stereocenters. The molecule has 1 heterocycles. The second-order valence-electron chi connectivity index (χ2n) is 2.53. The Balaban J connectivity index is 2.99. The predicted octanol–water partition coefficient (Wildman–Crippen LogP) is 0.845. The summed E-state index contributed by atoms with van der Waals surface area (Å²) >= 11 is 3.27. The van der Waals surface area contributed by atoms with Crippen LogP contribution in [0.2, 0.25) is 0 Å². The van der Waals surface area contributed by atoms with E-state index in [2.05, 4.69) is 20.9 Å². The van der Waals surface area contributed by atoms with Crippen LogP contribution in [0.15, 0.2) is 16.7 Å². The molecule has 0 aliphatic heterocycles. The van der Waals surface area contributed by atoms with Crippen LogP contribution in [0.1, 0.15) is 11.7 Å². The smallest absolute Gasteiger partial charge is 0.136 e. The fourth-order valence-corrected chi connectivity index (χ4v) is 1.27.